The van der Waals surface area contributed by atoms with Gasteiger partial charge in [-0.2, -0.15) is 0 Å². The van der Waals surface area contributed by atoms with E-state index in [-0.39, 0.29) is 25.2 Å². The van der Waals surface area contributed by atoms with Crippen LogP contribution in [-0.4, -0.2) is 36.4 Å². The molecule has 5 nitrogen and oxygen atoms in total. The van der Waals surface area contributed by atoms with Crippen molar-refractivity contribution in [3.8, 4) is 0 Å². The number of carbonyl (C=O) groups excluding carboxylic acids is 2. The molecule has 280 valence electrons. The average Bonchev–Trinajstić information content (AvgIpc) is 3.07. The third kappa shape index (κ3) is 39.2. The van der Waals surface area contributed by atoms with Crippen LogP contribution in [0.5, 0.6) is 0 Å². The molecule has 1 atom stereocenters. The predicted octanol–water partition coefficient (Wildman–Crippen LogP) is 13.1. The SMILES string of the molecule is CCCCCCCCCCCCCCCCCCCCCC(=O)OC[C@@H](O)COC(=O)CCCCCCCCCCCCCCCC. The molecule has 0 fully saturated rings. The minimum atomic E-state index is -0.954. The van der Waals surface area contributed by atoms with Crippen molar-refractivity contribution >= 4 is 11.9 Å². The first kappa shape index (κ1) is 45.9. The summed E-state index contributed by atoms with van der Waals surface area (Å²) in [6, 6.07) is 0. The van der Waals surface area contributed by atoms with Gasteiger partial charge in [0.05, 0.1) is 0 Å². The monoisotopic (exact) mass is 667 g/mol. The number of hydrogen-bond acceptors (Lipinski definition) is 5. The van der Waals surface area contributed by atoms with Crippen LogP contribution < -0.4 is 0 Å². The van der Waals surface area contributed by atoms with Gasteiger partial charge in [-0.3, -0.25) is 9.59 Å². The van der Waals surface area contributed by atoms with Crippen LogP contribution >= 0.6 is 0 Å². The Kier molecular flexibility index (Phi) is 38.4. The van der Waals surface area contributed by atoms with E-state index >= 15 is 0 Å². The summed E-state index contributed by atoms with van der Waals surface area (Å²) in [4.78, 5) is 23.9. The minimum Gasteiger partial charge on any atom is -0.463 e. The maximum absolute atomic E-state index is 12.0. The summed E-state index contributed by atoms with van der Waals surface area (Å²) in [6.45, 7) is 4.34. The van der Waals surface area contributed by atoms with E-state index < -0.39 is 6.10 Å². The zero-order valence-electron chi connectivity index (χ0n) is 31.8. The van der Waals surface area contributed by atoms with Gasteiger partial charge in [0.15, 0.2) is 0 Å². The van der Waals surface area contributed by atoms with E-state index in [4.69, 9.17) is 9.47 Å². The van der Waals surface area contributed by atoms with Crippen LogP contribution in [0, 0.1) is 0 Å². The highest BCUT2D eigenvalue weighted by atomic mass is 16.6. The van der Waals surface area contributed by atoms with E-state index in [9.17, 15) is 14.7 Å². The molecular formula is C42H82O5. The molecular weight excluding hydrogens is 584 g/mol. The number of rotatable bonds is 39. The van der Waals surface area contributed by atoms with Crippen LogP contribution in [0.25, 0.3) is 0 Å². The Hall–Kier alpha value is -1.10. The fourth-order valence-electron chi connectivity index (χ4n) is 6.38. The first-order valence-corrected chi connectivity index (χ1v) is 21.1. The van der Waals surface area contributed by atoms with Gasteiger partial charge in [-0.05, 0) is 12.8 Å². The van der Waals surface area contributed by atoms with Crippen LogP contribution in [-0.2, 0) is 19.1 Å². The van der Waals surface area contributed by atoms with Crippen molar-refractivity contribution in [2.45, 2.75) is 245 Å². The van der Waals surface area contributed by atoms with Crippen LogP contribution in [0.2, 0.25) is 0 Å². The Morgan fingerprint density at radius 1 is 0.362 bits per heavy atom. The lowest BCUT2D eigenvalue weighted by atomic mass is 10.0. The predicted molar refractivity (Wildman–Crippen MR) is 201 cm³/mol. The van der Waals surface area contributed by atoms with E-state index in [0.717, 1.165) is 25.7 Å². The quantitative estimate of drug-likeness (QED) is 0.0522. The van der Waals surface area contributed by atoms with Gasteiger partial charge in [0, 0.05) is 12.8 Å². The summed E-state index contributed by atoms with van der Waals surface area (Å²) >= 11 is 0. The molecule has 1 N–H and O–H groups in total. The molecule has 0 radical (unpaired) electrons. The Bertz CT molecular complexity index is 637. The largest absolute Gasteiger partial charge is 0.463 e. The van der Waals surface area contributed by atoms with Crippen molar-refractivity contribution < 1.29 is 24.2 Å². The first-order chi connectivity index (χ1) is 23.1. The fraction of sp³-hybridized carbons (Fsp3) is 0.952. The smallest absolute Gasteiger partial charge is 0.305 e. The summed E-state index contributed by atoms with van der Waals surface area (Å²) in [7, 11) is 0. The number of aliphatic hydroxyl groups excluding tert-OH is 1. The Morgan fingerprint density at radius 3 is 0.766 bits per heavy atom. The molecule has 0 rings (SSSR count). The van der Waals surface area contributed by atoms with Crippen molar-refractivity contribution in [1.29, 1.82) is 0 Å². The maximum Gasteiger partial charge on any atom is 0.305 e. The Labute approximate surface area is 293 Å². The summed E-state index contributed by atoms with van der Waals surface area (Å²) in [6.07, 6.45) is 43.1. The van der Waals surface area contributed by atoms with Crippen molar-refractivity contribution in [2.24, 2.45) is 0 Å². The topological polar surface area (TPSA) is 72.8 Å². The minimum absolute atomic E-state index is 0.107. The number of esters is 2. The van der Waals surface area contributed by atoms with E-state index in [1.165, 1.54) is 186 Å². The summed E-state index contributed by atoms with van der Waals surface area (Å²) < 4.78 is 10.4. The second-order valence-electron chi connectivity index (χ2n) is 14.5. The zero-order chi connectivity index (χ0) is 34.3. The molecule has 0 aromatic carbocycles. The molecule has 0 saturated carbocycles. The molecule has 0 saturated heterocycles. The molecule has 0 aromatic heterocycles. The average molecular weight is 667 g/mol. The lowest BCUT2D eigenvalue weighted by molar-refractivity contribution is -0.152. The van der Waals surface area contributed by atoms with Crippen molar-refractivity contribution in [1.82, 2.24) is 0 Å². The zero-order valence-corrected chi connectivity index (χ0v) is 31.8. The van der Waals surface area contributed by atoms with Gasteiger partial charge < -0.3 is 14.6 Å². The molecule has 0 unspecified atom stereocenters. The van der Waals surface area contributed by atoms with Gasteiger partial charge in [-0.25, -0.2) is 0 Å². The third-order valence-corrected chi connectivity index (χ3v) is 9.59. The summed E-state index contributed by atoms with van der Waals surface area (Å²) in [5.41, 5.74) is 0. The van der Waals surface area contributed by atoms with E-state index in [2.05, 4.69) is 13.8 Å². The molecule has 0 spiro atoms. The van der Waals surface area contributed by atoms with Crippen molar-refractivity contribution in [3.05, 3.63) is 0 Å². The first-order valence-electron chi connectivity index (χ1n) is 21.1. The van der Waals surface area contributed by atoms with Crippen LogP contribution in [0.4, 0.5) is 0 Å². The highest BCUT2D eigenvalue weighted by Crippen LogP contribution is 2.16. The van der Waals surface area contributed by atoms with Gasteiger partial charge >= 0.3 is 11.9 Å². The molecule has 0 aromatic rings. The second kappa shape index (κ2) is 39.3. The van der Waals surface area contributed by atoms with Gasteiger partial charge in [-0.1, -0.05) is 213 Å². The number of carbonyl (C=O) groups is 2. The van der Waals surface area contributed by atoms with E-state index in [0.29, 0.717) is 12.8 Å². The highest BCUT2D eigenvalue weighted by molar-refractivity contribution is 5.69. The molecule has 0 heterocycles. The maximum atomic E-state index is 12.0. The second-order valence-corrected chi connectivity index (χ2v) is 14.5. The fourth-order valence-corrected chi connectivity index (χ4v) is 6.38. The molecule has 5 heteroatoms. The molecule has 0 amide bonds. The van der Waals surface area contributed by atoms with Crippen LogP contribution in [0.3, 0.4) is 0 Å². The Morgan fingerprint density at radius 2 is 0.553 bits per heavy atom. The summed E-state index contributed by atoms with van der Waals surface area (Å²) in [5, 5.41) is 10.0. The number of unbranched alkanes of at least 4 members (excludes halogenated alkanes) is 31. The third-order valence-electron chi connectivity index (χ3n) is 9.59. The standard InChI is InChI=1S/C42H82O5/c1-3-5-7-9-11-13-15-17-19-20-21-22-23-25-27-29-31-33-35-37-42(45)47-39-40(43)38-46-41(44)36-34-32-30-28-26-24-18-16-14-12-10-8-6-4-2/h40,43H,3-39H2,1-2H3/t40-/m0/s1. The van der Waals surface area contributed by atoms with Crippen molar-refractivity contribution in [3.63, 3.8) is 0 Å². The number of aliphatic hydroxyl groups is 1. The van der Waals surface area contributed by atoms with Gasteiger partial charge in [0.25, 0.3) is 0 Å². The van der Waals surface area contributed by atoms with Crippen LogP contribution in [0.15, 0.2) is 0 Å². The molecule has 0 aliphatic carbocycles. The molecule has 0 aliphatic heterocycles. The number of ether oxygens (including phenoxy) is 2. The van der Waals surface area contributed by atoms with Gasteiger partial charge in [0.2, 0.25) is 0 Å². The van der Waals surface area contributed by atoms with E-state index in [1.807, 2.05) is 0 Å². The lowest BCUT2D eigenvalue weighted by Gasteiger charge is -2.12. The van der Waals surface area contributed by atoms with E-state index in [1.54, 1.807) is 0 Å². The number of hydrogen-bond donors (Lipinski definition) is 1. The lowest BCUT2D eigenvalue weighted by Crippen LogP contribution is -2.25. The van der Waals surface area contributed by atoms with Crippen molar-refractivity contribution in [2.75, 3.05) is 13.2 Å². The highest BCUT2D eigenvalue weighted by Gasteiger charge is 2.12. The van der Waals surface area contributed by atoms with Gasteiger partial charge in [0.1, 0.15) is 19.3 Å². The molecule has 0 aliphatic rings. The molecule has 47 heavy (non-hydrogen) atoms. The molecule has 0 bridgehead atoms. The summed E-state index contributed by atoms with van der Waals surface area (Å²) in [5.74, 6) is -0.548. The normalized spacial score (nSPS) is 12.0. The van der Waals surface area contributed by atoms with Gasteiger partial charge in [-0.15, -0.1) is 0 Å². The Balaban J connectivity index is 3.35. The van der Waals surface area contributed by atoms with Crippen LogP contribution in [0.1, 0.15) is 239 Å².